The van der Waals surface area contributed by atoms with E-state index >= 15 is 0 Å². The van der Waals surface area contributed by atoms with Gasteiger partial charge < -0.3 is 10.1 Å². The molecule has 0 saturated heterocycles. The van der Waals surface area contributed by atoms with Crippen LogP contribution in [0.25, 0.3) is 10.8 Å². The van der Waals surface area contributed by atoms with Gasteiger partial charge in [0, 0.05) is 0 Å². The molecule has 0 bridgehead atoms. The lowest BCUT2D eigenvalue weighted by Crippen LogP contribution is -2.46. The Morgan fingerprint density at radius 3 is 2.43 bits per heavy atom. The fourth-order valence-corrected chi connectivity index (χ4v) is 2.36. The molecule has 0 heterocycles. The third-order valence-electron chi connectivity index (χ3n) is 3.83. The molecular formula is C17H21F2NO. The van der Waals surface area contributed by atoms with Crippen LogP contribution in [0.15, 0.2) is 36.4 Å². The van der Waals surface area contributed by atoms with Gasteiger partial charge in [-0.2, -0.15) is 0 Å². The molecule has 4 heteroatoms. The lowest BCUT2D eigenvalue weighted by molar-refractivity contribution is 0.0386. The van der Waals surface area contributed by atoms with Crippen LogP contribution in [0.3, 0.4) is 0 Å². The Morgan fingerprint density at radius 1 is 1.14 bits per heavy atom. The summed E-state index contributed by atoms with van der Waals surface area (Å²) in [5.41, 5.74) is -0.729. The van der Waals surface area contributed by atoms with Crippen LogP contribution >= 0.6 is 0 Å². The summed E-state index contributed by atoms with van der Waals surface area (Å²) in [5.74, 6) is 0.760. The predicted molar refractivity (Wildman–Crippen MR) is 82.1 cm³/mol. The van der Waals surface area contributed by atoms with E-state index in [1.807, 2.05) is 37.3 Å². The fourth-order valence-electron chi connectivity index (χ4n) is 2.36. The monoisotopic (exact) mass is 293 g/mol. The summed E-state index contributed by atoms with van der Waals surface area (Å²) >= 11 is 0. The van der Waals surface area contributed by atoms with Crippen molar-refractivity contribution in [3.05, 3.63) is 42.0 Å². The molecule has 0 aliphatic rings. The molecule has 1 N–H and O–H groups in total. The van der Waals surface area contributed by atoms with E-state index in [0.717, 1.165) is 22.9 Å². The minimum Gasteiger partial charge on any atom is -0.497 e. The molecule has 0 aliphatic heterocycles. The summed E-state index contributed by atoms with van der Waals surface area (Å²) in [7, 11) is 1.61. The van der Waals surface area contributed by atoms with Crippen LogP contribution in [0.5, 0.6) is 5.75 Å². The Hall–Kier alpha value is -1.68. The number of alkyl halides is 2. The number of fused-ring (bicyclic) bond motifs is 1. The molecule has 0 fully saturated rings. The summed E-state index contributed by atoms with van der Waals surface area (Å²) in [4.78, 5) is 0. The topological polar surface area (TPSA) is 21.3 Å². The van der Waals surface area contributed by atoms with Crippen LogP contribution in [-0.2, 0) is 5.54 Å². The standard InChI is InChI=1S/C17H21F2NO/c1-4-9-20-17(2,16(18)19)14-7-5-13-11-15(21-3)8-6-12(13)10-14/h5-8,10-11,16,20H,4,9H2,1-3H3. The van der Waals surface area contributed by atoms with E-state index in [-0.39, 0.29) is 0 Å². The molecule has 2 aromatic carbocycles. The van der Waals surface area contributed by atoms with Crippen molar-refractivity contribution in [2.75, 3.05) is 13.7 Å². The van der Waals surface area contributed by atoms with Crippen LogP contribution in [0.1, 0.15) is 25.8 Å². The maximum Gasteiger partial charge on any atom is 0.260 e. The zero-order chi connectivity index (χ0) is 15.5. The number of ether oxygens (including phenoxy) is 1. The van der Waals surface area contributed by atoms with Crippen molar-refractivity contribution < 1.29 is 13.5 Å². The zero-order valence-corrected chi connectivity index (χ0v) is 12.6. The van der Waals surface area contributed by atoms with E-state index in [2.05, 4.69) is 5.32 Å². The number of hydrogen-bond donors (Lipinski definition) is 1. The van der Waals surface area contributed by atoms with Gasteiger partial charge in [-0.3, -0.25) is 0 Å². The van der Waals surface area contributed by atoms with Gasteiger partial charge in [-0.1, -0.05) is 25.1 Å². The minimum absolute atomic E-state index is 0.557. The van der Waals surface area contributed by atoms with Crippen molar-refractivity contribution in [1.29, 1.82) is 0 Å². The normalized spacial score (nSPS) is 14.4. The van der Waals surface area contributed by atoms with Crippen LogP contribution in [-0.4, -0.2) is 20.1 Å². The number of hydrogen-bond acceptors (Lipinski definition) is 2. The van der Waals surface area contributed by atoms with Crippen molar-refractivity contribution in [2.45, 2.75) is 32.2 Å². The van der Waals surface area contributed by atoms with E-state index in [4.69, 9.17) is 4.74 Å². The van der Waals surface area contributed by atoms with Gasteiger partial charge >= 0.3 is 0 Å². The SMILES string of the molecule is CCCNC(C)(c1ccc2cc(OC)ccc2c1)C(F)F. The van der Waals surface area contributed by atoms with Gasteiger partial charge in [0.05, 0.1) is 7.11 Å². The van der Waals surface area contributed by atoms with Crippen LogP contribution in [0.4, 0.5) is 8.78 Å². The van der Waals surface area contributed by atoms with Crippen molar-refractivity contribution >= 4 is 10.8 Å². The molecular weight excluding hydrogens is 272 g/mol. The molecule has 2 rings (SSSR count). The summed E-state index contributed by atoms with van der Waals surface area (Å²) in [6.45, 7) is 4.07. The first-order valence-corrected chi connectivity index (χ1v) is 7.12. The number of nitrogens with one attached hydrogen (secondary N) is 1. The fraction of sp³-hybridized carbons (Fsp3) is 0.412. The molecule has 0 spiro atoms. The van der Waals surface area contributed by atoms with Crippen molar-refractivity contribution in [3.8, 4) is 5.75 Å². The molecule has 0 amide bonds. The maximum absolute atomic E-state index is 13.5. The first-order chi connectivity index (χ1) is 10.0. The molecule has 0 aliphatic carbocycles. The van der Waals surface area contributed by atoms with Crippen LogP contribution < -0.4 is 10.1 Å². The van der Waals surface area contributed by atoms with Gasteiger partial charge in [0.2, 0.25) is 0 Å². The lowest BCUT2D eigenvalue weighted by Gasteiger charge is -2.31. The Kier molecular flexibility index (Phi) is 4.78. The second kappa shape index (κ2) is 6.39. The van der Waals surface area contributed by atoms with Gasteiger partial charge in [-0.05, 0) is 54.4 Å². The van der Waals surface area contributed by atoms with Gasteiger partial charge in [0.15, 0.2) is 0 Å². The maximum atomic E-state index is 13.5. The minimum atomic E-state index is -2.47. The van der Waals surface area contributed by atoms with E-state index < -0.39 is 12.0 Å². The highest BCUT2D eigenvalue weighted by atomic mass is 19.3. The average molecular weight is 293 g/mol. The summed E-state index contributed by atoms with van der Waals surface area (Å²) in [6.07, 6.45) is -1.66. The van der Waals surface area contributed by atoms with Crippen molar-refractivity contribution in [3.63, 3.8) is 0 Å². The van der Waals surface area contributed by atoms with E-state index in [0.29, 0.717) is 12.1 Å². The highest BCUT2D eigenvalue weighted by Gasteiger charge is 2.36. The second-order valence-corrected chi connectivity index (χ2v) is 5.36. The van der Waals surface area contributed by atoms with Crippen molar-refractivity contribution in [2.24, 2.45) is 0 Å². The Balaban J connectivity index is 2.44. The number of methoxy groups -OCH3 is 1. The Morgan fingerprint density at radius 2 is 1.81 bits per heavy atom. The van der Waals surface area contributed by atoms with Gasteiger partial charge in [0.1, 0.15) is 11.3 Å². The molecule has 0 saturated carbocycles. The van der Waals surface area contributed by atoms with E-state index in [9.17, 15) is 8.78 Å². The molecule has 21 heavy (non-hydrogen) atoms. The van der Waals surface area contributed by atoms with E-state index in [1.54, 1.807) is 20.1 Å². The Bertz CT molecular complexity index is 615. The second-order valence-electron chi connectivity index (χ2n) is 5.36. The third kappa shape index (κ3) is 3.16. The van der Waals surface area contributed by atoms with Gasteiger partial charge in [-0.25, -0.2) is 8.78 Å². The summed E-state index contributed by atoms with van der Waals surface area (Å²) in [6, 6.07) is 11.1. The van der Waals surface area contributed by atoms with Gasteiger partial charge in [0.25, 0.3) is 6.43 Å². The van der Waals surface area contributed by atoms with E-state index in [1.165, 1.54) is 0 Å². The lowest BCUT2D eigenvalue weighted by atomic mass is 9.90. The first-order valence-electron chi connectivity index (χ1n) is 7.12. The number of rotatable bonds is 6. The molecule has 0 radical (unpaired) electrons. The average Bonchev–Trinajstić information content (AvgIpc) is 2.51. The number of halogens is 2. The van der Waals surface area contributed by atoms with Crippen LogP contribution in [0.2, 0.25) is 0 Å². The largest absolute Gasteiger partial charge is 0.497 e. The molecule has 0 aromatic heterocycles. The zero-order valence-electron chi connectivity index (χ0n) is 12.6. The molecule has 114 valence electrons. The summed E-state index contributed by atoms with van der Waals surface area (Å²) in [5, 5.41) is 4.88. The van der Waals surface area contributed by atoms with Gasteiger partial charge in [-0.15, -0.1) is 0 Å². The smallest absolute Gasteiger partial charge is 0.260 e. The molecule has 1 atom stereocenters. The number of benzene rings is 2. The first kappa shape index (κ1) is 15.7. The highest BCUT2D eigenvalue weighted by molar-refractivity contribution is 5.84. The molecule has 1 unspecified atom stereocenters. The molecule has 2 aromatic rings. The van der Waals surface area contributed by atoms with Crippen LogP contribution in [0, 0.1) is 0 Å². The molecule has 2 nitrogen and oxygen atoms in total. The highest BCUT2D eigenvalue weighted by Crippen LogP contribution is 2.31. The summed E-state index contributed by atoms with van der Waals surface area (Å²) < 4.78 is 32.2. The third-order valence-corrected chi connectivity index (χ3v) is 3.83. The quantitative estimate of drug-likeness (QED) is 0.856. The Labute approximate surface area is 124 Å². The van der Waals surface area contributed by atoms with Crippen molar-refractivity contribution in [1.82, 2.24) is 5.32 Å². The predicted octanol–water partition coefficient (Wildman–Crippen LogP) is 4.33.